The van der Waals surface area contributed by atoms with Gasteiger partial charge in [0.2, 0.25) is 0 Å². The number of hydrogen-bond acceptors (Lipinski definition) is 4. The Morgan fingerprint density at radius 2 is 2.00 bits per heavy atom. The minimum atomic E-state index is -0.245. The number of ether oxygens (including phenoxy) is 2. The summed E-state index contributed by atoms with van der Waals surface area (Å²) in [6, 6.07) is 5.51. The highest BCUT2D eigenvalue weighted by molar-refractivity contribution is 5.86. The van der Waals surface area contributed by atoms with Gasteiger partial charge in [0.25, 0.3) is 0 Å². The van der Waals surface area contributed by atoms with Gasteiger partial charge in [0.15, 0.2) is 0 Å². The summed E-state index contributed by atoms with van der Waals surface area (Å²) < 4.78 is 9.52. The molecule has 1 aliphatic heterocycles. The molecule has 4 nitrogen and oxygen atoms in total. The lowest BCUT2D eigenvalue weighted by molar-refractivity contribution is -0.136. The fraction of sp³-hybridized carbons (Fsp3) is 0.400. The van der Waals surface area contributed by atoms with E-state index in [1.54, 1.807) is 6.07 Å². The van der Waals surface area contributed by atoms with Crippen LogP contribution < -0.4 is 4.74 Å². The molecule has 1 aromatic carbocycles. The predicted molar refractivity (Wildman–Crippen MR) is 73.2 cm³/mol. The van der Waals surface area contributed by atoms with Crippen molar-refractivity contribution in [3.63, 3.8) is 0 Å². The Bertz CT molecular complexity index is 449. The van der Waals surface area contributed by atoms with E-state index in [9.17, 15) is 9.90 Å². The van der Waals surface area contributed by atoms with Crippen molar-refractivity contribution in [3.8, 4) is 11.5 Å². The third kappa shape index (κ3) is 5.04. The summed E-state index contributed by atoms with van der Waals surface area (Å²) in [4.78, 5) is 9.59. The smallest absolute Gasteiger partial charge is 0.338 e. The van der Waals surface area contributed by atoms with Gasteiger partial charge in [-0.05, 0) is 24.0 Å². The second-order valence-electron chi connectivity index (χ2n) is 4.46. The summed E-state index contributed by atoms with van der Waals surface area (Å²) in [6.45, 7) is 6.87. The molecule has 19 heavy (non-hydrogen) atoms. The lowest BCUT2D eigenvalue weighted by atomic mass is 10.0. The van der Waals surface area contributed by atoms with E-state index in [0.717, 1.165) is 17.7 Å². The molecule has 0 amide bonds. The lowest BCUT2D eigenvalue weighted by Gasteiger charge is -2.10. The van der Waals surface area contributed by atoms with Gasteiger partial charge < -0.3 is 14.6 Å². The quantitative estimate of drug-likeness (QED) is 0.847. The van der Waals surface area contributed by atoms with E-state index in [0.29, 0.717) is 18.3 Å². The molecule has 4 heteroatoms. The largest absolute Gasteiger partial charge is 0.508 e. The molecule has 0 atom stereocenters. The first-order chi connectivity index (χ1) is 9.04. The van der Waals surface area contributed by atoms with Crippen molar-refractivity contribution in [1.82, 2.24) is 0 Å². The van der Waals surface area contributed by atoms with E-state index in [1.165, 1.54) is 12.3 Å². The lowest BCUT2D eigenvalue weighted by Crippen LogP contribution is -2.01. The van der Waals surface area contributed by atoms with Crippen LogP contribution in [0.5, 0.6) is 11.5 Å². The van der Waals surface area contributed by atoms with Crippen LogP contribution in [-0.2, 0) is 9.53 Å². The molecule has 0 spiro atoms. The zero-order valence-corrected chi connectivity index (χ0v) is 11.6. The molecule has 0 radical (unpaired) electrons. The molecule has 1 aromatic rings. The number of rotatable bonds is 4. The summed E-state index contributed by atoms with van der Waals surface area (Å²) in [5.74, 6) is 1.17. The number of phenolic OH excluding ortho intramolecular Hbond substituents is 1. The molecule has 0 aliphatic carbocycles. The van der Waals surface area contributed by atoms with E-state index in [4.69, 9.17) is 4.74 Å². The molecule has 104 valence electrons. The molecule has 0 aromatic heterocycles. The molecule has 0 saturated heterocycles. The molecular formula is C15H20O4. The second-order valence-corrected chi connectivity index (χ2v) is 4.46. The van der Waals surface area contributed by atoms with Gasteiger partial charge in [-0.15, -0.1) is 0 Å². The van der Waals surface area contributed by atoms with Crippen LogP contribution in [0, 0.1) is 0 Å². The molecule has 1 heterocycles. The van der Waals surface area contributed by atoms with Gasteiger partial charge in [0.1, 0.15) is 17.8 Å². The van der Waals surface area contributed by atoms with Crippen molar-refractivity contribution in [1.29, 1.82) is 0 Å². The first kappa shape index (κ1) is 15.1. The molecule has 1 aliphatic rings. The Hall–Kier alpha value is -1.97. The van der Waals surface area contributed by atoms with Gasteiger partial charge in [-0.2, -0.15) is 0 Å². The van der Waals surface area contributed by atoms with Crippen molar-refractivity contribution in [2.45, 2.75) is 33.1 Å². The molecule has 0 unspecified atom stereocenters. The van der Waals surface area contributed by atoms with Crippen LogP contribution in [0.4, 0.5) is 0 Å². The number of aromatic hydroxyl groups is 1. The third-order valence-corrected chi connectivity index (χ3v) is 2.49. The standard InChI is InChI=1S/C12H18O2.C3H2O2/c1-4-7-14-10-5-6-11(9(2)3)12(13)8-10;4-3-1-2-5-3/h5-6,8-9,13H,4,7H2,1-3H3;1-2H. The predicted octanol–water partition coefficient (Wildman–Crippen LogP) is 3.36. The summed E-state index contributed by atoms with van der Waals surface area (Å²) in [6.07, 6.45) is 3.69. The van der Waals surface area contributed by atoms with Gasteiger partial charge in [0, 0.05) is 6.07 Å². The molecular weight excluding hydrogens is 244 g/mol. The fourth-order valence-electron chi connectivity index (χ4n) is 1.44. The maximum Gasteiger partial charge on any atom is 0.338 e. The van der Waals surface area contributed by atoms with Crippen LogP contribution in [0.2, 0.25) is 0 Å². The Labute approximate surface area is 113 Å². The summed E-state index contributed by atoms with van der Waals surface area (Å²) in [5, 5.41) is 9.68. The Morgan fingerprint density at radius 3 is 2.37 bits per heavy atom. The fourth-order valence-corrected chi connectivity index (χ4v) is 1.44. The zero-order chi connectivity index (χ0) is 14.3. The maximum absolute atomic E-state index is 9.68. The first-order valence-corrected chi connectivity index (χ1v) is 6.37. The monoisotopic (exact) mass is 264 g/mol. The average molecular weight is 264 g/mol. The van der Waals surface area contributed by atoms with Crippen molar-refractivity contribution < 1.29 is 19.4 Å². The summed E-state index contributed by atoms with van der Waals surface area (Å²) >= 11 is 0. The third-order valence-electron chi connectivity index (χ3n) is 2.49. The molecule has 2 rings (SSSR count). The highest BCUT2D eigenvalue weighted by atomic mass is 16.5. The topological polar surface area (TPSA) is 55.8 Å². The number of benzene rings is 1. The van der Waals surface area contributed by atoms with Gasteiger partial charge in [-0.1, -0.05) is 26.8 Å². The first-order valence-electron chi connectivity index (χ1n) is 6.37. The SMILES string of the molecule is CCCOc1ccc(C(C)C)c(O)c1.O=C1C=CO1. The number of esters is 1. The molecule has 0 bridgehead atoms. The highest BCUT2D eigenvalue weighted by Crippen LogP contribution is 2.29. The Kier molecular flexibility index (Phi) is 5.93. The number of carbonyl (C=O) groups is 1. The molecule has 1 N–H and O–H groups in total. The van der Waals surface area contributed by atoms with E-state index in [1.807, 2.05) is 12.1 Å². The average Bonchev–Trinajstić information content (AvgIpc) is 2.34. The zero-order valence-electron chi connectivity index (χ0n) is 11.6. The van der Waals surface area contributed by atoms with Crippen molar-refractivity contribution in [2.24, 2.45) is 0 Å². The van der Waals surface area contributed by atoms with Gasteiger partial charge in [-0.3, -0.25) is 0 Å². The summed E-state index contributed by atoms with van der Waals surface area (Å²) in [7, 11) is 0. The minimum Gasteiger partial charge on any atom is -0.508 e. The number of phenols is 1. The number of hydrogen-bond donors (Lipinski definition) is 1. The van der Waals surface area contributed by atoms with Gasteiger partial charge >= 0.3 is 5.97 Å². The van der Waals surface area contributed by atoms with E-state index < -0.39 is 0 Å². The summed E-state index contributed by atoms with van der Waals surface area (Å²) in [5.41, 5.74) is 0.967. The molecule has 0 saturated carbocycles. The van der Waals surface area contributed by atoms with Crippen LogP contribution in [0.1, 0.15) is 38.7 Å². The van der Waals surface area contributed by atoms with Crippen LogP contribution in [0.25, 0.3) is 0 Å². The van der Waals surface area contributed by atoms with Crippen LogP contribution in [0.3, 0.4) is 0 Å². The number of cyclic esters (lactones) is 1. The van der Waals surface area contributed by atoms with Crippen molar-refractivity contribution in [3.05, 3.63) is 36.1 Å². The maximum atomic E-state index is 9.68. The van der Waals surface area contributed by atoms with Crippen LogP contribution in [0.15, 0.2) is 30.5 Å². The minimum absolute atomic E-state index is 0.245. The molecule has 0 fully saturated rings. The Morgan fingerprint density at radius 1 is 1.37 bits per heavy atom. The Balaban J connectivity index is 0.000000300. The van der Waals surface area contributed by atoms with E-state index in [-0.39, 0.29) is 5.97 Å². The normalized spacial score (nSPS) is 12.3. The van der Waals surface area contributed by atoms with Crippen LogP contribution >= 0.6 is 0 Å². The van der Waals surface area contributed by atoms with Crippen molar-refractivity contribution in [2.75, 3.05) is 6.61 Å². The van der Waals surface area contributed by atoms with Crippen LogP contribution in [-0.4, -0.2) is 17.7 Å². The van der Waals surface area contributed by atoms with E-state index >= 15 is 0 Å². The number of carbonyl (C=O) groups excluding carboxylic acids is 1. The van der Waals surface area contributed by atoms with Crippen molar-refractivity contribution >= 4 is 5.97 Å². The van der Waals surface area contributed by atoms with E-state index in [2.05, 4.69) is 25.5 Å². The van der Waals surface area contributed by atoms with Gasteiger partial charge in [-0.25, -0.2) is 4.79 Å². The van der Waals surface area contributed by atoms with Gasteiger partial charge in [0.05, 0.1) is 12.7 Å². The highest BCUT2D eigenvalue weighted by Gasteiger charge is 2.06. The second kappa shape index (κ2) is 7.46.